The van der Waals surface area contributed by atoms with Crippen LogP contribution in [0.2, 0.25) is 0 Å². The standard InChI is InChI=1S/C39H26N2O/c1-3-8-27(9-4-1)29-15-18-33(19-16-29)41(35-21-22-38-37(26-35)36-12-7-23-40-39(36)42-38)34-20-17-30-13-14-31(24-32(30)25-34)28-10-5-2-6-11-28/h1-26H. The SMILES string of the molecule is c1ccc(-c2ccc(N(c3ccc4ccc(-c5ccccc5)cc4c3)c3ccc4oc5ncccc5c4c3)cc2)cc1. The molecule has 42 heavy (non-hydrogen) atoms. The van der Waals surface area contributed by atoms with Gasteiger partial charge in [-0.25, -0.2) is 4.98 Å². The summed E-state index contributed by atoms with van der Waals surface area (Å²) < 4.78 is 6.05. The van der Waals surface area contributed by atoms with E-state index < -0.39 is 0 Å². The highest BCUT2D eigenvalue weighted by molar-refractivity contribution is 6.05. The van der Waals surface area contributed by atoms with E-state index in [0.717, 1.165) is 33.4 Å². The molecule has 0 bridgehead atoms. The molecule has 0 spiro atoms. The largest absolute Gasteiger partial charge is 0.438 e. The minimum Gasteiger partial charge on any atom is -0.438 e. The van der Waals surface area contributed by atoms with Crippen molar-refractivity contribution in [2.75, 3.05) is 4.90 Å². The maximum Gasteiger partial charge on any atom is 0.227 e. The van der Waals surface area contributed by atoms with Crippen LogP contribution < -0.4 is 4.90 Å². The summed E-state index contributed by atoms with van der Waals surface area (Å²) >= 11 is 0. The molecule has 198 valence electrons. The van der Waals surface area contributed by atoms with Crippen LogP contribution in [-0.4, -0.2) is 4.98 Å². The summed E-state index contributed by atoms with van der Waals surface area (Å²) in [7, 11) is 0. The highest BCUT2D eigenvalue weighted by Gasteiger charge is 2.16. The van der Waals surface area contributed by atoms with Gasteiger partial charge in [-0.3, -0.25) is 0 Å². The fourth-order valence-electron chi connectivity index (χ4n) is 5.80. The molecule has 6 aromatic carbocycles. The van der Waals surface area contributed by atoms with Gasteiger partial charge >= 0.3 is 0 Å². The number of rotatable bonds is 5. The van der Waals surface area contributed by atoms with Crippen LogP contribution in [0, 0.1) is 0 Å². The molecule has 0 aliphatic rings. The van der Waals surface area contributed by atoms with E-state index in [9.17, 15) is 0 Å². The fourth-order valence-corrected chi connectivity index (χ4v) is 5.80. The normalized spacial score (nSPS) is 11.3. The first-order chi connectivity index (χ1) is 20.8. The van der Waals surface area contributed by atoms with Crippen molar-refractivity contribution in [1.29, 1.82) is 0 Å². The Morgan fingerprint density at radius 3 is 1.83 bits per heavy atom. The van der Waals surface area contributed by atoms with Crippen LogP contribution >= 0.6 is 0 Å². The number of benzene rings is 6. The highest BCUT2D eigenvalue weighted by Crippen LogP contribution is 2.40. The number of fused-ring (bicyclic) bond motifs is 4. The van der Waals surface area contributed by atoms with Crippen LogP contribution in [0.15, 0.2) is 162 Å². The van der Waals surface area contributed by atoms with Gasteiger partial charge in [-0.05, 0) is 93.7 Å². The lowest BCUT2D eigenvalue weighted by Gasteiger charge is -2.26. The van der Waals surface area contributed by atoms with Gasteiger partial charge in [0.15, 0.2) is 0 Å². The van der Waals surface area contributed by atoms with Crippen molar-refractivity contribution in [1.82, 2.24) is 4.98 Å². The van der Waals surface area contributed by atoms with Gasteiger partial charge in [0.05, 0.1) is 0 Å². The lowest BCUT2D eigenvalue weighted by molar-refractivity contribution is 0.654. The average molecular weight is 539 g/mol. The molecule has 0 aliphatic carbocycles. The summed E-state index contributed by atoms with van der Waals surface area (Å²) in [5, 5.41) is 4.47. The first-order valence-corrected chi connectivity index (χ1v) is 14.1. The Balaban J connectivity index is 1.29. The molecule has 2 heterocycles. The van der Waals surface area contributed by atoms with E-state index in [-0.39, 0.29) is 0 Å². The second-order valence-electron chi connectivity index (χ2n) is 10.5. The number of hydrogen-bond donors (Lipinski definition) is 0. The monoisotopic (exact) mass is 538 g/mol. The number of furan rings is 1. The van der Waals surface area contributed by atoms with Gasteiger partial charge in [0.25, 0.3) is 0 Å². The summed E-state index contributed by atoms with van der Waals surface area (Å²) in [5.74, 6) is 0. The molecule has 2 aromatic heterocycles. The minimum absolute atomic E-state index is 0.655. The Bertz CT molecular complexity index is 2180. The van der Waals surface area contributed by atoms with Gasteiger partial charge in [0.1, 0.15) is 5.58 Å². The second-order valence-corrected chi connectivity index (χ2v) is 10.5. The van der Waals surface area contributed by atoms with E-state index in [0.29, 0.717) is 5.71 Å². The molecular formula is C39H26N2O. The van der Waals surface area contributed by atoms with Gasteiger partial charge in [0, 0.05) is 34.0 Å². The summed E-state index contributed by atoms with van der Waals surface area (Å²) in [5.41, 5.74) is 9.52. The Labute approximate surface area is 243 Å². The smallest absolute Gasteiger partial charge is 0.227 e. The zero-order chi connectivity index (χ0) is 27.9. The molecule has 0 saturated heterocycles. The van der Waals surface area contributed by atoms with E-state index in [4.69, 9.17) is 4.42 Å². The van der Waals surface area contributed by atoms with E-state index in [1.54, 1.807) is 6.20 Å². The van der Waals surface area contributed by atoms with Crippen molar-refractivity contribution in [3.8, 4) is 22.3 Å². The zero-order valence-corrected chi connectivity index (χ0v) is 22.8. The number of anilines is 3. The lowest BCUT2D eigenvalue weighted by atomic mass is 10.0. The van der Waals surface area contributed by atoms with E-state index in [2.05, 4.69) is 143 Å². The number of hydrogen-bond acceptors (Lipinski definition) is 3. The number of nitrogens with zero attached hydrogens (tertiary/aromatic N) is 2. The molecule has 0 atom stereocenters. The molecule has 0 fully saturated rings. The van der Waals surface area contributed by atoms with Crippen molar-refractivity contribution in [2.45, 2.75) is 0 Å². The van der Waals surface area contributed by atoms with E-state index in [1.807, 2.05) is 18.2 Å². The lowest BCUT2D eigenvalue weighted by Crippen LogP contribution is -2.09. The topological polar surface area (TPSA) is 29.3 Å². The van der Waals surface area contributed by atoms with Crippen LogP contribution in [0.4, 0.5) is 17.1 Å². The Morgan fingerprint density at radius 1 is 0.429 bits per heavy atom. The number of aromatic nitrogens is 1. The summed E-state index contributed by atoms with van der Waals surface area (Å²) in [6.07, 6.45) is 1.77. The van der Waals surface area contributed by atoms with Crippen molar-refractivity contribution in [3.05, 3.63) is 158 Å². The van der Waals surface area contributed by atoms with Crippen LogP contribution in [-0.2, 0) is 0 Å². The zero-order valence-electron chi connectivity index (χ0n) is 22.8. The first-order valence-electron chi connectivity index (χ1n) is 14.1. The second kappa shape index (κ2) is 10.1. The predicted molar refractivity (Wildman–Crippen MR) is 175 cm³/mol. The molecule has 3 heteroatoms. The molecule has 0 N–H and O–H groups in total. The van der Waals surface area contributed by atoms with Gasteiger partial charge in [0.2, 0.25) is 5.71 Å². The van der Waals surface area contributed by atoms with Crippen molar-refractivity contribution < 1.29 is 4.42 Å². The highest BCUT2D eigenvalue weighted by atomic mass is 16.3. The molecule has 0 saturated carbocycles. The van der Waals surface area contributed by atoms with Crippen molar-refractivity contribution in [2.24, 2.45) is 0 Å². The third-order valence-corrected chi connectivity index (χ3v) is 7.91. The van der Waals surface area contributed by atoms with E-state index in [1.165, 1.54) is 33.0 Å². The summed E-state index contributed by atoms with van der Waals surface area (Å²) in [6.45, 7) is 0. The van der Waals surface area contributed by atoms with Crippen molar-refractivity contribution in [3.63, 3.8) is 0 Å². The van der Waals surface area contributed by atoms with E-state index >= 15 is 0 Å². The summed E-state index contributed by atoms with van der Waals surface area (Å²) in [4.78, 5) is 6.75. The third kappa shape index (κ3) is 4.29. The van der Waals surface area contributed by atoms with Crippen LogP contribution in [0.3, 0.4) is 0 Å². The maximum atomic E-state index is 6.05. The Kier molecular flexibility index (Phi) is 5.79. The predicted octanol–water partition coefficient (Wildman–Crippen LogP) is 10.9. The number of pyridine rings is 1. The van der Waals surface area contributed by atoms with Gasteiger partial charge < -0.3 is 9.32 Å². The quantitative estimate of drug-likeness (QED) is 0.218. The van der Waals surface area contributed by atoms with Crippen LogP contribution in [0.25, 0.3) is 55.1 Å². The maximum absolute atomic E-state index is 6.05. The Hall–Kier alpha value is -5.67. The van der Waals surface area contributed by atoms with Gasteiger partial charge in [-0.15, -0.1) is 0 Å². The molecule has 3 nitrogen and oxygen atoms in total. The molecule has 8 aromatic rings. The van der Waals surface area contributed by atoms with Gasteiger partial charge in [-0.1, -0.05) is 91.0 Å². The molecule has 0 unspecified atom stereocenters. The first kappa shape index (κ1) is 24.2. The van der Waals surface area contributed by atoms with Crippen molar-refractivity contribution >= 4 is 49.9 Å². The van der Waals surface area contributed by atoms with Gasteiger partial charge in [-0.2, -0.15) is 0 Å². The molecule has 8 rings (SSSR count). The fraction of sp³-hybridized carbons (Fsp3) is 0. The average Bonchev–Trinajstić information content (AvgIpc) is 3.44. The molecular weight excluding hydrogens is 512 g/mol. The molecule has 0 aliphatic heterocycles. The van der Waals surface area contributed by atoms with Crippen LogP contribution in [0.1, 0.15) is 0 Å². The minimum atomic E-state index is 0.655. The summed E-state index contributed by atoms with van der Waals surface area (Å²) in [6, 6.07) is 53.6. The Morgan fingerprint density at radius 2 is 1.05 bits per heavy atom. The molecule has 0 radical (unpaired) electrons. The van der Waals surface area contributed by atoms with Crippen LogP contribution in [0.5, 0.6) is 0 Å². The molecule has 0 amide bonds. The third-order valence-electron chi connectivity index (χ3n) is 7.91.